The number of esters is 1. The quantitative estimate of drug-likeness (QED) is 0.820. The Bertz CT molecular complexity index is 409. The molecule has 0 bridgehead atoms. The Kier molecular flexibility index (Phi) is 6.15. The number of hydrogen-bond donors (Lipinski definition) is 1. The molecule has 0 saturated carbocycles. The fourth-order valence-corrected chi connectivity index (χ4v) is 2.25. The van der Waals surface area contributed by atoms with Crippen LogP contribution in [-0.2, 0) is 9.53 Å². The van der Waals surface area contributed by atoms with E-state index in [0.29, 0.717) is 19.4 Å². The summed E-state index contributed by atoms with van der Waals surface area (Å²) >= 11 is 3.47. The third-order valence-electron chi connectivity index (χ3n) is 2.57. The second-order valence-electron chi connectivity index (χ2n) is 3.84. The predicted molar refractivity (Wildman–Crippen MR) is 73.5 cm³/mol. The highest BCUT2D eigenvalue weighted by atomic mass is 79.9. The lowest BCUT2D eigenvalue weighted by atomic mass is 10.0. The molecule has 0 aliphatic rings. The maximum Gasteiger partial charge on any atom is 0.305 e. The van der Waals surface area contributed by atoms with Crippen LogP contribution in [0, 0.1) is 0 Å². The average Bonchev–Trinajstić information content (AvgIpc) is 2.36. The predicted octanol–water partition coefficient (Wildman–Crippen LogP) is 2.80. The molecule has 100 valence electrons. The molecule has 1 atom stereocenters. The van der Waals surface area contributed by atoms with Crippen LogP contribution in [0.4, 0.5) is 0 Å². The molecule has 1 rings (SSSR count). The average molecular weight is 316 g/mol. The van der Waals surface area contributed by atoms with Crippen LogP contribution in [0.1, 0.15) is 31.4 Å². The first-order valence-electron chi connectivity index (χ1n) is 5.83. The van der Waals surface area contributed by atoms with E-state index in [1.807, 2.05) is 25.1 Å². The number of hydrogen-bond acceptors (Lipinski definition) is 4. The minimum Gasteiger partial charge on any atom is -0.494 e. The van der Waals surface area contributed by atoms with Gasteiger partial charge in [0, 0.05) is 16.9 Å². The summed E-state index contributed by atoms with van der Waals surface area (Å²) in [6, 6.07) is 5.48. The zero-order valence-corrected chi connectivity index (χ0v) is 12.2. The lowest BCUT2D eigenvalue weighted by Gasteiger charge is -2.14. The van der Waals surface area contributed by atoms with Crippen LogP contribution in [0.15, 0.2) is 22.7 Å². The van der Waals surface area contributed by atoms with E-state index in [1.165, 1.54) is 7.11 Å². The zero-order valence-electron chi connectivity index (χ0n) is 10.6. The number of methoxy groups -OCH3 is 1. The molecule has 1 aromatic carbocycles. The van der Waals surface area contributed by atoms with Gasteiger partial charge in [0.15, 0.2) is 0 Å². The fraction of sp³-hybridized carbons (Fsp3) is 0.462. The van der Waals surface area contributed by atoms with E-state index in [-0.39, 0.29) is 12.0 Å². The molecular weight excluding hydrogens is 298 g/mol. The van der Waals surface area contributed by atoms with Crippen molar-refractivity contribution in [3.05, 3.63) is 28.2 Å². The highest BCUT2D eigenvalue weighted by molar-refractivity contribution is 9.10. The van der Waals surface area contributed by atoms with Gasteiger partial charge in [0.2, 0.25) is 0 Å². The zero-order chi connectivity index (χ0) is 13.5. The first kappa shape index (κ1) is 15.0. The number of benzene rings is 1. The van der Waals surface area contributed by atoms with E-state index in [2.05, 4.69) is 20.7 Å². The van der Waals surface area contributed by atoms with Crippen LogP contribution >= 0.6 is 15.9 Å². The van der Waals surface area contributed by atoms with E-state index in [9.17, 15) is 4.79 Å². The molecule has 1 aromatic rings. The molecule has 4 nitrogen and oxygen atoms in total. The molecule has 0 aromatic heterocycles. The highest BCUT2D eigenvalue weighted by Gasteiger charge is 2.13. The fourth-order valence-electron chi connectivity index (χ4n) is 1.60. The lowest BCUT2D eigenvalue weighted by molar-refractivity contribution is -0.140. The molecule has 0 aliphatic carbocycles. The van der Waals surface area contributed by atoms with Gasteiger partial charge in [-0.1, -0.05) is 22.0 Å². The van der Waals surface area contributed by atoms with E-state index < -0.39 is 0 Å². The van der Waals surface area contributed by atoms with Crippen molar-refractivity contribution in [2.75, 3.05) is 13.7 Å². The van der Waals surface area contributed by atoms with E-state index in [0.717, 1.165) is 15.8 Å². The Morgan fingerprint density at radius 2 is 2.22 bits per heavy atom. The molecule has 18 heavy (non-hydrogen) atoms. The molecule has 0 heterocycles. The minimum absolute atomic E-state index is 0.200. The maximum absolute atomic E-state index is 11.1. The largest absolute Gasteiger partial charge is 0.494 e. The Labute approximate surface area is 116 Å². The van der Waals surface area contributed by atoms with Crippen LogP contribution < -0.4 is 10.5 Å². The molecule has 0 saturated heterocycles. The molecule has 0 aliphatic heterocycles. The van der Waals surface area contributed by atoms with Gasteiger partial charge in [-0.05, 0) is 31.0 Å². The molecule has 0 fully saturated rings. The molecule has 0 spiro atoms. The molecular formula is C13H18BrNO3. The molecule has 0 radical (unpaired) electrons. The number of nitrogens with two attached hydrogens (primary N) is 1. The van der Waals surface area contributed by atoms with Crippen LogP contribution in [0.5, 0.6) is 5.75 Å². The van der Waals surface area contributed by atoms with Crippen LogP contribution in [-0.4, -0.2) is 19.7 Å². The summed E-state index contributed by atoms with van der Waals surface area (Å²) in [4.78, 5) is 11.1. The first-order chi connectivity index (χ1) is 8.58. The number of carbonyl (C=O) groups excluding carboxylic acids is 1. The van der Waals surface area contributed by atoms with Gasteiger partial charge < -0.3 is 15.2 Å². The first-order valence-corrected chi connectivity index (χ1v) is 6.62. The van der Waals surface area contributed by atoms with Gasteiger partial charge in [-0.15, -0.1) is 0 Å². The smallest absolute Gasteiger partial charge is 0.305 e. The third kappa shape index (κ3) is 4.31. The maximum atomic E-state index is 11.1. The third-order valence-corrected chi connectivity index (χ3v) is 3.26. The van der Waals surface area contributed by atoms with Crippen molar-refractivity contribution in [3.63, 3.8) is 0 Å². The number of rotatable bonds is 6. The Hall–Kier alpha value is -1.07. The topological polar surface area (TPSA) is 61.5 Å². The van der Waals surface area contributed by atoms with Crippen molar-refractivity contribution in [1.82, 2.24) is 0 Å². The van der Waals surface area contributed by atoms with Gasteiger partial charge in [0.1, 0.15) is 5.75 Å². The van der Waals surface area contributed by atoms with Crippen molar-refractivity contribution in [2.24, 2.45) is 5.73 Å². The van der Waals surface area contributed by atoms with Gasteiger partial charge in [-0.2, -0.15) is 0 Å². The molecule has 0 amide bonds. The van der Waals surface area contributed by atoms with Gasteiger partial charge >= 0.3 is 5.97 Å². The summed E-state index contributed by atoms with van der Waals surface area (Å²) in [5, 5.41) is 0. The molecule has 2 N–H and O–H groups in total. The van der Waals surface area contributed by atoms with Crippen LogP contribution in [0.3, 0.4) is 0 Å². The SMILES string of the molecule is CCOc1ccc(C(N)CCC(=O)OC)c(Br)c1. The van der Waals surface area contributed by atoms with Gasteiger partial charge in [0.25, 0.3) is 0 Å². The summed E-state index contributed by atoms with van der Waals surface area (Å²) in [5.74, 6) is 0.556. The van der Waals surface area contributed by atoms with Gasteiger partial charge in [0.05, 0.1) is 13.7 Å². The van der Waals surface area contributed by atoms with Crippen LogP contribution in [0.25, 0.3) is 0 Å². The Balaban J connectivity index is 2.68. The molecule has 1 unspecified atom stereocenters. The summed E-state index contributed by atoms with van der Waals surface area (Å²) in [7, 11) is 1.38. The van der Waals surface area contributed by atoms with Crippen molar-refractivity contribution in [3.8, 4) is 5.75 Å². The summed E-state index contributed by atoms with van der Waals surface area (Å²) < 4.78 is 10.9. The Morgan fingerprint density at radius 3 is 2.78 bits per heavy atom. The number of carbonyl (C=O) groups is 1. The summed E-state index contributed by atoms with van der Waals surface area (Å²) in [5.41, 5.74) is 7.00. The van der Waals surface area contributed by atoms with Crippen molar-refractivity contribution < 1.29 is 14.3 Å². The second-order valence-corrected chi connectivity index (χ2v) is 4.69. The monoisotopic (exact) mass is 315 g/mol. The Morgan fingerprint density at radius 1 is 1.50 bits per heavy atom. The number of ether oxygens (including phenoxy) is 2. The van der Waals surface area contributed by atoms with E-state index in [1.54, 1.807) is 0 Å². The standard InChI is InChI=1S/C13H18BrNO3/c1-3-18-9-4-5-10(11(14)8-9)12(15)6-7-13(16)17-2/h4-5,8,12H,3,6-7,15H2,1-2H3. The van der Waals surface area contributed by atoms with Gasteiger partial charge in [-0.25, -0.2) is 0 Å². The van der Waals surface area contributed by atoms with Gasteiger partial charge in [-0.3, -0.25) is 4.79 Å². The van der Waals surface area contributed by atoms with Crippen molar-refractivity contribution in [2.45, 2.75) is 25.8 Å². The van der Waals surface area contributed by atoms with Crippen molar-refractivity contribution >= 4 is 21.9 Å². The normalized spacial score (nSPS) is 12.0. The summed E-state index contributed by atoms with van der Waals surface area (Å²) in [6.45, 7) is 2.56. The second kappa shape index (κ2) is 7.38. The number of halogens is 1. The van der Waals surface area contributed by atoms with E-state index >= 15 is 0 Å². The van der Waals surface area contributed by atoms with Crippen molar-refractivity contribution in [1.29, 1.82) is 0 Å². The minimum atomic E-state index is -0.243. The highest BCUT2D eigenvalue weighted by Crippen LogP contribution is 2.28. The lowest BCUT2D eigenvalue weighted by Crippen LogP contribution is -2.13. The van der Waals surface area contributed by atoms with Crippen LogP contribution in [0.2, 0.25) is 0 Å². The summed E-state index contributed by atoms with van der Waals surface area (Å²) in [6.07, 6.45) is 0.872. The molecule has 5 heteroatoms. The van der Waals surface area contributed by atoms with E-state index in [4.69, 9.17) is 10.5 Å².